The van der Waals surface area contributed by atoms with Crippen molar-refractivity contribution < 1.29 is 126 Å². The Hall–Kier alpha value is -6.22. The van der Waals surface area contributed by atoms with Gasteiger partial charge in [-0.25, -0.2) is 0 Å². The number of nitrogens with zero attached hydrogens (tertiary/aromatic N) is 2. The Bertz CT molecular complexity index is 1390. The maximum absolute atomic E-state index is 10.1. The van der Waals surface area contributed by atoms with Crippen LogP contribution in [0.2, 0.25) is 0 Å². The topological polar surface area (TPSA) is 411 Å². The van der Waals surface area contributed by atoms with Crippen LogP contribution in [-0.4, -0.2) is 106 Å². The molecule has 2 radical (unpaired) electrons. The van der Waals surface area contributed by atoms with Crippen LogP contribution in [0.25, 0.3) is 0 Å². The van der Waals surface area contributed by atoms with Crippen molar-refractivity contribution in [1.82, 2.24) is 9.80 Å². The maximum Gasteiger partial charge on any atom is 2.00 e. The summed E-state index contributed by atoms with van der Waals surface area (Å²) >= 11 is 0. The summed E-state index contributed by atoms with van der Waals surface area (Å²) in [6.07, 6.45) is 1.50. The second-order valence-corrected chi connectivity index (χ2v) is 9.48. The van der Waals surface area contributed by atoms with E-state index in [0.29, 0.717) is 0 Å². The first-order valence-corrected chi connectivity index (χ1v) is 13.6. The van der Waals surface area contributed by atoms with E-state index in [1.807, 2.05) is 0 Å². The van der Waals surface area contributed by atoms with E-state index in [4.69, 9.17) is 20.4 Å². The molecule has 4 aromatic carbocycles. The van der Waals surface area contributed by atoms with Crippen LogP contribution in [0.1, 0.15) is 41.4 Å². The van der Waals surface area contributed by atoms with Crippen molar-refractivity contribution in [2.75, 3.05) is 28.2 Å². The number of phenolic OH excluding ortho intramolecular Hbond substituents is 4. The summed E-state index contributed by atoms with van der Waals surface area (Å²) in [4.78, 5) is 62.2. The molecule has 4 aromatic rings. The van der Waals surface area contributed by atoms with Gasteiger partial charge in [0.05, 0.1) is 23.9 Å². The third-order valence-electron chi connectivity index (χ3n) is 4.83. The fraction of sp³-hybridized carbons (Fsp3) is 0.118. The number of carbonyl (C=O) groups excluding carboxylic acids is 6. The molecule has 0 spiro atoms. The summed E-state index contributed by atoms with van der Waals surface area (Å²) in [5.74, 6) is -4.76. The molecule has 4 rings (SSSR count). The van der Waals surface area contributed by atoms with Crippen molar-refractivity contribution in [2.45, 2.75) is 0 Å². The van der Waals surface area contributed by atoms with Gasteiger partial charge in [0.25, 0.3) is 0 Å². The first kappa shape index (κ1) is 67.9. The predicted molar refractivity (Wildman–Crippen MR) is 186 cm³/mol. The van der Waals surface area contributed by atoms with Gasteiger partial charge in [-0.1, -0.05) is 0 Å². The summed E-state index contributed by atoms with van der Waals surface area (Å²) in [5, 5.41) is 75.4. The fourth-order valence-electron chi connectivity index (χ4n) is 2.39. The number of rotatable bonds is 6. The molecule has 56 heavy (non-hydrogen) atoms. The van der Waals surface area contributed by atoms with Gasteiger partial charge in [0.2, 0.25) is 12.8 Å². The minimum absolute atomic E-state index is 0. The molecular weight excluding hydrogens is 851 g/mol. The minimum Gasteiger partial charge on any atom is -0.545 e. The Labute approximate surface area is 341 Å². The second kappa shape index (κ2) is 38.5. The predicted octanol–water partition coefficient (Wildman–Crippen LogP) is -5.07. The summed E-state index contributed by atoms with van der Waals surface area (Å²) in [5.41, 5.74) is 0.270. The maximum atomic E-state index is 10.1. The van der Waals surface area contributed by atoms with Gasteiger partial charge < -0.3 is 91.7 Å². The van der Waals surface area contributed by atoms with Crippen molar-refractivity contribution >= 4 is 36.7 Å². The number of hydrogen-bond acceptors (Lipinski definition) is 14. The quantitative estimate of drug-likeness (QED) is 0.0800. The molecule has 2 amide bonds. The minimum atomic E-state index is -1.24. The van der Waals surface area contributed by atoms with E-state index in [1.54, 1.807) is 28.2 Å². The normalized spacial score (nSPS) is 7.79. The molecule has 0 aliphatic carbocycles. The second-order valence-electron chi connectivity index (χ2n) is 9.48. The Kier molecular flexibility index (Phi) is 46.7. The van der Waals surface area contributed by atoms with Crippen LogP contribution in [0.4, 0.5) is 0 Å². The zero-order valence-electron chi connectivity index (χ0n) is 29.9. The van der Waals surface area contributed by atoms with Crippen molar-refractivity contribution in [3.05, 3.63) is 119 Å². The Balaban J connectivity index is -0.0000000821. The number of aromatic carboxylic acids is 4. The number of aromatic hydroxyl groups is 4. The van der Waals surface area contributed by atoms with Gasteiger partial charge in [-0.3, -0.25) is 9.59 Å². The SMILES string of the molecule is CN(C)C=O.CN(C)C=O.O.O.O=C([O-])c1ccc(O)cc1.O=C([O-])c1ccc(O)cc1.O=C([O-])c1ccc(O)cc1.O=C([O-])c1ccc(O)cc1.[Cu+2].[Cu+2].[OH3+].[OH3+]. The molecule has 0 fully saturated rings. The van der Waals surface area contributed by atoms with E-state index in [-0.39, 0.29) is 101 Å². The standard InChI is InChI=1S/4C7H6O3.2C3H7NO.2Cu.4H2O/c4*8-6-3-1-5(2-4-6)7(9)10;2*1-4(2)3-5;;;;;;/h4*1-4,8H,(H,9,10);2*3H,1-2H3;;;4*1H2/q;;;;;;2*+2;;;;/p-2. The first-order valence-electron chi connectivity index (χ1n) is 13.6. The molecule has 20 nitrogen and oxygen atoms in total. The van der Waals surface area contributed by atoms with Crippen molar-refractivity contribution in [2.24, 2.45) is 0 Å². The number of hydrogen-bond donors (Lipinski definition) is 4. The molecule has 0 saturated heterocycles. The third kappa shape index (κ3) is 36.2. The number of phenols is 4. The molecule has 14 N–H and O–H groups in total. The number of amides is 2. The molecule has 0 bridgehead atoms. The monoisotopic (exact) mass is 894 g/mol. The van der Waals surface area contributed by atoms with E-state index in [9.17, 15) is 49.2 Å². The molecule has 0 saturated carbocycles. The van der Waals surface area contributed by atoms with Gasteiger partial charge in [0.1, 0.15) is 23.0 Å². The molecule has 0 aliphatic rings. The van der Waals surface area contributed by atoms with Crippen LogP contribution in [0.5, 0.6) is 23.0 Å². The fourth-order valence-corrected chi connectivity index (χ4v) is 2.39. The molecular formula is C34H44Cu2N2O18+2. The largest absolute Gasteiger partial charge is 2.00 e. The molecule has 318 valence electrons. The van der Waals surface area contributed by atoms with Crippen molar-refractivity contribution in [3.63, 3.8) is 0 Å². The summed E-state index contributed by atoms with van der Waals surface area (Å²) < 4.78 is 0. The van der Waals surface area contributed by atoms with Crippen molar-refractivity contribution in [1.29, 1.82) is 0 Å². The van der Waals surface area contributed by atoms with Gasteiger partial charge in [-0.2, -0.15) is 0 Å². The molecule has 0 unspecified atom stereocenters. The number of carbonyl (C=O) groups is 6. The molecule has 0 atom stereocenters. The van der Waals surface area contributed by atoms with Gasteiger partial charge in [-0.05, 0) is 119 Å². The molecule has 0 heterocycles. The summed E-state index contributed by atoms with van der Waals surface area (Å²) in [7, 11) is 6.75. The van der Waals surface area contributed by atoms with Crippen LogP contribution in [-0.2, 0) is 54.7 Å². The third-order valence-corrected chi connectivity index (χ3v) is 4.83. The molecule has 22 heteroatoms. The average molecular weight is 896 g/mol. The summed E-state index contributed by atoms with van der Waals surface area (Å²) in [6.45, 7) is 0. The van der Waals surface area contributed by atoms with E-state index in [1.165, 1.54) is 107 Å². The zero-order valence-corrected chi connectivity index (χ0v) is 31.8. The number of carboxylic acid groups (broad SMARTS) is 4. The van der Waals surface area contributed by atoms with Crippen LogP contribution >= 0.6 is 0 Å². The zero-order chi connectivity index (χ0) is 38.8. The van der Waals surface area contributed by atoms with E-state index < -0.39 is 23.9 Å². The summed E-state index contributed by atoms with van der Waals surface area (Å²) in [6, 6.07) is 20.6. The van der Waals surface area contributed by atoms with Crippen molar-refractivity contribution in [3.8, 4) is 23.0 Å². The molecule has 0 aliphatic heterocycles. The van der Waals surface area contributed by atoms with Gasteiger partial charge >= 0.3 is 34.1 Å². The van der Waals surface area contributed by atoms with Crippen LogP contribution in [0.3, 0.4) is 0 Å². The van der Waals surface area contributed by atoms with Crippen LogP contribution in [0.15, 0.2) is 97.1 Å². The number of carboxylic acids is 4. The van der Waals surface area contributed by atoms with Crippen LogP contribution < -0.4 is 20.4 Å². The Morgan fingerprint density at radius 1 is 0.411 bits per heavy atom. The van der Waals surface area contributed by atoms with Gasteiger partial charge in [-0.15, -0.1) is 0 Å². The first-order chi connectivity index (χ1) is 23.3. The van der Waals surface area contributed by atoms with E-state index >= 15 is 0 Å². The Morgan fingerprint density at radius 3 is 0.589 bits per heavy atom. The Morgan fingerprint density at radius 2 is 0.518 bits per heavy atom. The van der Waals surface area contributed by atoms with Crippen LogP contribution in [0, 0.1) is 0 Å². The number of benzene rings is 4. The molecule has 0 aromatic heterocycles. The van der Waals surface area contributed by atoms with E-state index in [0.717, 1.165) is 12.8 Å². The smallest absolute Gasteiger partial charge is 0.545 e. The average Bonchev–Trinajstić information content (AvgIpc) is 3.07. The van der Waals surface area contributed by atoms with Gasteiger partial charge in [0, 0.05) is 28.2 Å². The van der Waals surface area contributed by atoms with Gasteiger partial charge in [0.15, 0.2) is 0 Å². The van der Waals surface area contributed by atoms with E-state index in [2.05, 4.69) is 0 Å².